The second-order valence-corrected chi connectivity index (χ2v) is 23.3. The van der Waals surface area contributed by atoms with E-state index in [2.05, 4.69) is 325 Å². The van der Waals surface area contributed by atoms with E-state index in [4.69, 9.17) is 4.42 Å². The first-order valence-electron chi connectivity index (χ1n) is 28.9. The second-order valence-electron chi connectivity index (χ2n) is 22.2. The Hall–Kier alpha value is -10.5. The molecule has 3 nitrogen and oxygen atoms in total. The lowest BCUT2D eigenvalue weighted by atomic mass is 9.68. The van der Waals surface area contributed by atoms with Crippen molar-refractivity contribution in [2.24, 2.45) is 0 Å². The third-order valence-electron chi connectivity index (χ3n) is 18.0. The molecule has 0 amide bonds. The van der Waals surface area contributed by atoms with Gasteiger partial charge in [0.1, 0.15) is 11.2 Å². The fourth-order valence-electron chi connectivity index (χ4n) is 14.6. The molecule has 4 heteroatoms. The average molecular weight is 1090 g/mol. The molecule has 0 fully saturated rings. The summed E-state index contributed by atoms with van der Waals surface area (Å²) in [7, 11) is 0. The third kappa shape index (κ3) is 7.05. The van der Waals surface area contributed by atoms with E-state index in [1.807, 2.05) is 11.3 Å². The molecule has 15 aromatic rings. The number of fused-ring (bicyclic) bond motifs is 12. The van der Waals surface area contributed by atoms with E-state index in [1.54, 1.807) is 0 Å². The lowest BCUT2D eigenvalue weighted by Crippen LogP contribution is -2.28. The minimum absolute atomic E-state index is 0.525. The Labute approximate surface area is 491 Å². The number of benzene rings is 13. The van der Waals surface area contributed by atoms with Gasteiger partial charge in [-0.05, 0) is 152 Å². The van der Waals surface area contributed by atoms with Crippen molar-refractivity contribution in [3.05, 3.63) is 360 Å². The van der Waals surface area contributed by atoms with Crippen molar-refractivity contribution in [3.8, 4) is 22.3 Å². The molecule has 0 spiro atoms. The van der Waals surface area contributed by atoms with Crippen molar-refractivity contribution in [3.63, 3.8) is 0 Å². The van der Waals surface area contributed by atoms with Crippen molar-refractivity contribution >= 4 is 87.6 Å². The van der Waals surface area contributed by atoms with Crippen LogP contribution in [0.2, 0.25) is 0 Å². The van der Waals surface area contributed by atoms with Crippen molar-refractivity contribution in [1.82, 2.24) is 0 Å². The Morgan fingerprint density at radius 2 is 0.679 bits per heavy atom. The topological polar surface area (TPSA) is 19.6 Å². The number of rotatable bonds is 10. The van der Waals surface area contributed by atoms with Crippen LogP contribution in [0.3, 0.4) is 0 Å². The molecular weight excluding hydrogens is 1040 g/mol. The highest BCUT2D eigenvalue weighted by Gasteiger charge is 2.48. The smallest absolute Gasteiger partial charge is 0.137 e. The summed E-state index contributed by atoms with van der Waals surface area (Å²) < 4.78 is 9.24. The molecule has 13 aromatic carbocycles. The van der Waals surface area contributed by atoms with E-state index in [0.717, 1.165) is 56.1 Å². The molecule has 2 aliphatic carbocycles. The van der Waals surface area contributed by atoms with Crippen LogP contribution in [0.4, 0.5) is 34.1 Å². The SMILES string of the molecule is c1ccc(C2(c3ccccc3)c3ccccc3-c3cc(N(c4cccc(N(c5ccc6c(c5)-c5ccccc5C6(c5ccccc5)c5ccccc5)c5cccc6oc7ccccc7c56)c4)c4ccc5sc6ccccc6c5c4)ccc32)cc1. The Bertz CT molecular complexity index is 4970. The molecule has 2 heterocycles. The lowest BCUT2D eigenvalue weighted by molar-refractivity contribution is 0.669. The predicted molar refractivity (Wildman–Crippen MR) is 351 cm³/mol. The molecule has 2 aliphatic rings. The van der Waals surface area contributed by atoms with Crippen molar-refractivity contribution < 1.29 is 4.42 Å². The van der Waals surface area contributed by atoms with Gasteiger partial charge in [-0.3, -0.25) is 0 Å². The maximum absolute atomic E-state index is 6.70. The maximum Gasteiger partial charge on any atom is 0.137 e. The number of hydrogen-bond acceptors (Lipinski definition) is 4. The molecule has 394 valence electrons. The monoisotopic (exact) mass is 1090 g/mol. The summed E-state index contributed by atoms with van der Waals surface area (Å²) in [5, 5.41) is 4.64. The van der Waals surface area contributed by atoms with Gasteiger partial charge in [0.15, 0.2) is 0 Å². The first-order chi connectivity index (χ1) is 41.7. The van der Waals surface area contributed by atoms with E-state index in [9.17, 15) is 0 Å². The lowest BCUT2D eigenvalue weighted by Gasteiger charge is -2.34. The van der Waals surface area contributed by atoms with Crippen molar-refractivity contribution in [1.29, 1.82) is 0 Å². The molecule has 17 rings (SSSR count). The van der Waals surface area contributed by atoms with Crippen LogP contribution in [0.1, 0.15) is 44.5 Å². The summed E-state index contributed by atoms with van der Waals surface area (Å²) >= 11 is 1.85. The second kappa shape index (κ2) is 19.0. The van der Waals surface area contributed by atoms with Gasteiger partial charge < -0.3 is 14.2 Å². The summed E-state index contributed by atoms with van der Waals surface area (Å²) in [6, 6.07) is 117. The molecule has 0 saturated heterocycles. The maximum atomic E-state index is 6.70. The predicted octanol–water partition coefficient (Wildman–Crippen LogP) is 21.6. The molecule has 0 bridgehead atoms. The van der Waals surface area contributed by atoms with Crippen molar-refractivity contribution in [2.75, 3.05) is 9.80 Å². The van der Waals surface area contributed by atoms with E-state index in [1.165, 1.54) is 86.9 Å². The summed E-state index contributed by atoms with van der Waals surface area (Å²) in [5.41, 5.74) is 21.9. The zero-order valence-corrected chi connectivity index (χ0v) is 46.5. The van der Waals surface area contributed by atoms with Gasteiger partial charge in [-0.2, -0.15) is 0 Å². The van der Waals surface area contributed by atoms with Gasteiger partial charge in [0.05, 0.1) is 21.9 Å². The Morgan fingerprint density at radius 1 is 0.262 bits per heavy atom. The molecular formula is C80H52N2OS. The minimum atomic E-state index is -0.536. The zero-order valence-electron chi connectivity index (χ0n) is 45.7. The van der Waals surface area contributed by atoms with Crippen LogP contribution in [0.25, 0.3) is 64.4 Å². The standard InChI is InChI=1S/C80H52N2OS/c1-5-23-53(24-6-1)79(54-25-7-2-8-26-54)69-37-17-13-33-62(69)66-50-59(43-46-71(66)79)81(60-45-48-77-68(52-60)64-35-16-20-42-76(64)84-77)57-31-21-32-58(49-57)82(73-39-22-41-75-78(73)65-36-15-19-40-74(65)83-75)61-44-47-72-67(51-61)63-34-14-18-38-70(63)80(72,55-27-9-3-10-28-55)56-29-11-4-12-30-56/h1-52H. The zero-order chi connectivity index (χ0) is 55.3. The molecule has 0 saturated carbocycles. The normalized spacial score (nSPS) is 13.4. The van der Waals surface area contributed by atoms with Crippen molar-refractivity contribution in [2.45, 2.75) is 10.8 Å². The van der Waals surface area contributed by atoms with Gasteiger partial charge in [0.2, 0.25) is 0 Å². The molecule has 0 N–H and O–H groups in total. The molecule has 0 atom stereocenters. The van der Waals surface area contributed by atoms with E-state index >= 15 is 0 Å². The fraction of sp³-hybridized carbons (Fsp3) is 0.0250. The van der Waals surface area contributed by atoms with Gasteiger partial charge in [0.25, 0.3) is 0 Å². The molecule has 2 aromatic heterocycles. The van der Waals surface area contributed by atoms with Gasteiger partial charge >= 0.3 is 0 Å². The third-order valence-corrected chi connectivity index (χ3v) is 19.1. The minimum Gasteiger partial charge on any atom is -0.456 e. The summed E-state index contributed by atoms with van der Waals surface area (Å²) in [6.45, 7) is 0. The first kappa shape index (κ1) is 48.2. The van der Waals surface area contributed by atoms with Crippen LogP contribution in [0.15, 0.2) is 320 Å². The van der Waals surface area contributed by atoms with Crippen LogP contribution in [0, 0.1) is 0 Å². The van der Waals surface area contributed by atoms with Gasteiger partial charge in [-0.25, -0.2) is 0 Å². The van der Waals surface area contributed by atoms with E-state index in [0.29, 0.717) is 0 Å². The molecule has 84 heavy (non-hydrogen) atoms. The fourth-order valence-corrected chi connectivity index (χ4v) is 15.7. The quantitative estimate of drug-likeness (QED) is 0.136. The summed E-state index contributed by atoms with van der Waals surface area (Å²) in [4.78, 5) is 4.94. The van der Waals surface area contributed by atoms with Gasteiger partial charge in [-0.1, -0.05) is 231 Å². The van der Waals surface area contributed by atoms with Crippen LogP contribution in [-0.4, -0.2) is 0 Å². The largest absolute Gasteiger partial charge is 0.456 e. The first-order valence-corrected chi connectivity index (χ1v) is 29.7. The van der Waals surface area contributed by atoms with Gasteiger partial charge in [-0.15, -0.1) is 11.3 Å². The molecule has 0 unspecified atom stereocenters. The van der Waals surface area contributed by atoms with Crippen LogP contribution in [-0.2, 0) is 10.8 Å². The number of nitrogens with zero attached hydrogens (tertiary/aromatic N) is 2. The van der Waals surface area contributed by atoms with Gasteiger partial charge in [0, 0.05) is 54.0 Å². The number of thiophene rings is 1. The number of furan rings is 1. The van der Waals surface area contributed by atoms with E-state index in [-0.39, 0.29) is 0 Å². The van der Waals surface area contributed by atoms with Crippen LogP contribution >= 0.6 is 11.3 Å². The molecule has 0 radical (unpaired) electrons. The number of para-hydroxylation sites is 1. The number of anilines is 6. The summed E-state index contributed by atoms with van der Waals surface area (Å²) in [6.07, 6.45) is 0. The highest BCUT2D eigenvalue weighted by molar-refractivity contribution is 7.25. The van der Waals surface area contributed by atoms with Crippen LogP contribution in [0.5, 0.6) is 0 Å². The highest BCUT2D eigenvalue weighted by atomic mass is 32.1. The average Bonchev–Trinajstić information content (AvgIpc) is 2.05. The Kier molecular flexibility index (Phi) is 10.9. The Balaban J connectivity index is 0.907. The Morgan fingerprint density at radius 3 is 1.27 bits per heavy atom. The summed E-state index contributed by atoms with van der Waals surface area (Å²) in [5.74, 6) is 0. The van der Waals surface area contributed by atoms with E-state index < -0.39 is 10.8 Å². The highest BCUT2D eigenvalue weighted by Crippen LogP contribution is 2.60. The number of hydrogen-bond donors (Lipinski definition) is 0. The molecule has 0 aliphatic heterocycles. The van der Waals surface area contributed by atoms with Crippen LogP contribution < -0.4 is 9.80 Å².